The van der Waals surface area contributed by atoms with E-state index in [1.165, 1.54) is 0 Å². The zero-order valence-electron chi connectivity index (χ0n) is 17.9. The average molecular weight is 492 g/mol. The number of benzene rings is 4. The van der Waals surface area contributed by atoms with Crippen LogP contribution in [0.15, 0.2) is 121 Å². The second-order valence-corrected chi connectivity index (χ2v) is 11.9. The van der Waals surface area contributed by atoms with Crippen molar-refractivity contribution in [2.45, 2.75) is 11.0 Å². The predicted octanol–water partition coefficient (Wildman–Crippen LogP) is 2.22. The Labute approximate surface area is 207 Å². The van der Waals surface area contributed by atoms with Gasteiger partial charge in [0.15, 0.2) is 4.87 Å². The molecule has 0 heterocycles. The summed E-state index contributed by atoms with van der Waals surface area (Å²) < 4.78 is 0. The van der Waals surface area contributed by atoms with Crippen molar-refractivity contribution < 1.29 is 17.5 Å². The Morgan fingerprint density at radius 2 is 1.03 bits per heavy atom. The van der Waals surface area contributed by atoms with E-state index in [-0.39, 0.29) is 12.4 Å². The molecule has 33 heavy (non-hydrogen) atoms. The van der Waals surface area contributed by atoms with Crippen LogP contribution in [0.25, 0.3) is 0 Å². The van der Waals surface area contributed by atoms with E-state index in [0.29, 0.717) is 11.7 Å². The van der Waals surface area contributed by atoms with Crippen molar-refractivity contribution in [2.24, 2.45) is 0 Å². The Hall–Kier alpha value is -2.66. The molecular weight excluding hydrogens is 468 g/mol. The molecule has 2 unspecified atom stereocenters. The van der Waals surface area contributed by atoms with Crippen molar-refractivity contribution >= 4 is 34.8 Å². The maximum atomic E-state index is 11.3. The highest BCUT2D eigenvalue weighted by atomic mass is 35.5. The quantitative estimate of drug-likeness (QED) is 0.318. The zero-order valence-corrected chi connectivity index (χ0v) is 20.3. The van der Waals surface area contributed by atoms with Gasteiger partial charge in [-0.15, -0.1) is 0 Å². The molecule has 0 saturated carbocycles. The lowest BCUT2D eigenvalue weighted by molar-refractivity contribution is -0.00000779. The highest BCUT2D eigenvalue weighted by Crippen LogP contribution is 2.59. The van der Waals surface area contributed by atoms with Crippen LogP contribution in [-0.2, 0) is 0 Å². The first-order valence-corrected chi connectivity index (χ1v) is 12.8. The summed E-state index contributed by atoms with van der Waals surface area (Å²) in [5.74, 6) is 0. The van der Waals surface area contributed by atoms with E-state index >= 15 is 0 Å². The molecule has 2 nitrogen and oxygen atoms in total. The van der Waals surface area contributed by atoms with Crippen LogP contribution in [0.2, 0.25) is 0 Å². The highest BCUT2D eigenvalue weighted by Gasteiger charge is 2.54. The third kappa shape index (κ3) is 4.98. The molecule has 0 saturated heterocycles. The highest BCUT2D eigenvalue weighted by molar-refractivity contribution is 7.95. The molecule has 1 N–H and O–H groups in total. The topological polar surface area (TPSA) is 44.0 Å². The number of halogens is 2. The van der Waals surface area contributed by atoms with Gasteiger partial charge in [0.1, 0.15) is 35.4 Å². The van der Waals surface area contributed by atoms with Crippen molar-refractivity contribution in [1.82, 2.24) is 0 Å². The van der Waals surface area contributed by atoms with Gasteiger partial charge in [0.25, 0.3) is 0 Å². The monoisotopic (exact) mass is 491 g/mol. The Balaban J connectivity index is 0.00000306. The van der Waals surface area contributed by atoms with Crippen molar-refractivity contribution in [1.29, 1.82) is 5.26 Å². The molecule has 5 heteroatoms. The molecule has 0 bridgehead atoms. The van der Waals surface area contributed by atoms with Gasteiger partial charge in [-0.05, 0) is 42.0 Å². The lowest BCUT2D eigenvalue weighted by atomic mass is 9.98. The summed E-state index contributed by atoms with van der Waals surface area (Å²) >= 11 is 7.06. The first-order valence-electron chi connectivity index (χ1n) is 10.5. The number of aliphatic hydroxyl groups is 1. The van der Waals surface area contributed by atoms with E-state index in [4.69, 9.17) is 11.6 Å². The molecule has 0 amide bonds. The maximum Gasteiger partial charge on any atom is 0.194 e. The SMILES string of the molecule is N#CC(Cl)(C[P+](c1ccccc1)(c1ccccc1)c1ccccc1)C(O)c1ccccc1.[Cl-]. The molecule has 0 aliphatic heterocycles. The summed E-state index contributed by atoms with van der Waals surface area (Å²) in [4.78, 5) is -1.52. The van der Waals surface area contributed by atoms with Crippen LogP contribution in [0.5, 0.6) is 0 Å². The fraction of sp³-hybridized carbons (Fsp3) is 0.107. The molecule has 166 valence electrons. The minimum atomic E-state index is -2.38. The third-order valence-corrected chi connectivity index (χ3v) is 10.9. The number of aliphatic hydroxyl groups excluding tert-OH is 1. The molecule has 0 aliphatic rings. The van der Waals surface area contributed by atoms with E-state index in [1.54, 1.807) is 0 Å². The molecule has 0 spiro atoms. The number of nitrogens with zero attached hydrogens (tertiary/aromatic N) is 1. The van der Waals surface area contributed by atoms with Gasteiger partial charge in [0, 0.05) is 0 Å². The van der Waals surface area contributed by atoms with Crippen molar-refractivity contribution in [3.05, 3.63) is 127 Å². The summed E-state index contributed by atoms with van der Waals surface area (Å²) in [7, 11) is -2.38. The summed E-state index contributed by atoms with van der Waals surface area (Å²) in [6.45, 7) is 0. The van der Waals surface area contributed by atoms with Crippen molar-refractivity contribution in [3.8, 4) is 6.07 Å². The Kier molecular flexibility index (Phi) is 8.30. The number of alkyl halides is 1. The van der Waals surface area contributed by atoms with Crippen LogP contribution >= 0.6 is 18.9 Å². The van der Waals surface area contributed by atoms with Crippen LogP contribution in [0.1, 0.15) is 11.7 Å². The molecule has 0 radical (unpaired) electrons. The predicted molar refractivity (Wildman–Crippen MR) is 136 cm³/mol. The van der Waals surface area contributed by atoms with E-state index in [2.05, 4.69) is 42.5 Å². The minimum absolute atomic E-state index is 0. The van der Waals surface area contributed by atoms with Gasteiger partial charge in [-0.2, -0.15) is 5.26 Å². The van der Waals surface area contributed by atoms with Gasteiger partial charge in [0.2, 0.25) is 0 Å². The minimum Gasteiger partial charge on any atom is -1.00 e. The Bertz CT molecular complexity index is 1090. The van der Waals surface area contributed by atoms with Gasteiger partial charge >= 0.3 is 0 Å². The molecule has 4 aromatic carbocycles. The molecule has 0 aliphatic carbocycles. The first-order chi connectivity index (χ1) is 15.6. The number of nitriles is 1. The fourth-order valence-electron chi connectivity index (χ4n) is 4.20. The Morgan fingerprint density at radius 1 is 0.697 bits per heavy atom. The zero-order chi connectivity index (χ0) is 22.4. The molecule has 0 fully saturated rings. The van der Waals surface area contributed by atoms with Crippen molar-refractivity contribution in [2.75, 3.05) is 6.16 Å². The van der Waals surface area contributed by atoms with E-state index in [9.17, 15) is 10.4 Å². The second-order valence-electron chi connectivity index (χ2n) is 7.76. The fourth-order valence-corrected chi connectivity index (χ4v) is 9.28. The van der Waals surface area contributed by atoms with Gasteiger partial charge in [-0.3, -0.25) is 0 Å². The smallest absolute Gasteiger partial charge is 0.194 e. The van der Waals surface area contributed by atoms with Crippen molar-refractivity contribution in [3.63, 3.8) is 0 Å². The lowest BCUT2D eigenvalue weighted by Crippen LogP contribution is -3.00. The summed E-state index contributed by atoms with van der Waals surface area (Å²) in [5, 5.41) is 25.0. The third-order valence-electron chi connectivity index (χ3n) is 5.79. The van der Waals surface area contributed by atoms with Crippen LogP contribution < -0.4 is 28.3 Å². The van der Waals surface area contributed by atoms with Crippen LogP contribution in [0, 0.1) is 11.3 Å². The standard InChI is InChI=1S/C28H24ClNOP.ClH/c29-28(21-30,27(31)23-13-5-1-6-14-23)22-32(24-15-7-2-8-16-24,25-17-9-3-10-18-25)26-19-11-4-12-20-26;/h1-20,27,31H,22H2;1H/q+1;/p-1. The number of hydrogen-bond acceptors (Lipinski definition) is 2. The first kappa shape index (κ1) is 25.0. The van der Waals surface area contributed by atoms with Crippen LogP contribution in [0.3, 0.4) is 0 Å². The second kappa shape index (κ2) is 11.0. The molecule has 2 atom stereocenters. The summed E-state index contributed by atoms with van der Waals surface area (Å²) in [5.41, 5.74) is 0.635. The largest absolute Gasteiger partial charge is 1.00 e. The number of rotatable bonds is 7. The molecule has 4 rings (SSSR count). The lowest BCUT2D eigenvalue weighted by Gasteiger charge is -2.34. The summed E-state index contributed by atoms with van der Waals surface area (Å²) in [6.07, 6.45) is -0.836. The molecular formula is C28H24Cl2NOP. The van der Waals surface area contributed by atoms with E-state index in [0.717, 1.165) is 15.9 Å². The van der Waals surface area contributed by atoms with E-state index < -0.39 is 18.2 Å². The molecule has 0 aromatic heterocycles. The average Bonchev–Trinajstić information content (AvgIpc) is 2.89. The number of hydrogen-bond donors (Lipinski definition) is 1. The normalized spacial score (nSPS) is 13.7. The van der Waals surface area contributed by atoms with Gasteiger partial charge in [-0.25, -0.2) is 0 Å². The van der Waals surface area contributed by atoms with E-state index in [1.807, 2.05) is 84.9 Å². The van der Waals surface area contributed by atoms with Gasteiger partial charge in [-0.1, -0.05) is 96.5 Å². The van der Waals surface area contributed by atoms with Gasteiger partial charge < -0.3 is 17.5 Å². The van der Waals surface area contributed by atoms with Crippen LogP contribution in [-0.4, -0.2) is 16.1 Å². The Morgan fingerprint density at radius 3 is 1.36 bits per heavy atom. The van der Waals surface area contributed by atoms with Crippen LogP contribution in [0.4, 0.5) is 0 Å². The molecule has 4 aromatic rings. The summed E-state index contributed by atoms with van der Waals surface area (Å²) in [6, 6.07) is 42.2. The van der Waals surface area contributed by atoms with Gasteiger partial charge in [0.05, 0.1) is 6.07 Å². The maximum absolute atomic E-state index is 11.3.